The molecule has 0 saturated heterocycles. The molecule has 2 aromatic carbocycles. The lowest BCUT2D eigenvalue weighted by molar-refractivity contribution is -0.0882. The smallest absolute Gasteiger partial charge is 0.304 e. The summed E-state index contributed by atoms with van der Waals surface area (Å²) in [6.07, 6.45) is 3.63. The first kappa shape index (κ1) is 30.4. The molecule has 0 saturated carbocycles. The van der Waals surface area contributed by atoms with Crippen molar-refractivity contribution in [2.45, 2.75) is 46.0 Å². The van der Waals surface area contributed by atoms with Crippen molar-refractivity contribution in [2.75, 3.05) is 0 Å². The third kappa shape index (κ3) is 11.0. The molecule has 1 unspecified atom stereocenters. The second-order valence-electron chi connectivity index (χ2n) is 8.26. The predicted octanol–water partition coefficient (Wildman–Crippen LogP) is 9.48. The van der Waals surface area contributed by atoms with E-state index in [1.54, 1.807) is 26.8 Å². The maximum absolute atomic E-state index is 12.3. The molecule has 0 bridgehead atoms. The Bertz CT molecular complexity index is 1190. The molecule has 0 amide bonds. The molecule has 0 aliphatic heterocycles. The molecular weight excluding hydrogens is 516 g/mol. The van der Waals surface area contributed by atoms with Crippen molar-refractivity contribution in [1.82, 2.24) is 10.3 Å². The molecule has 2 nitrogen and oxygen atoms in total. The van der Waals surface area contributed by atoms with Gasteiger partial charge in [0.15, 0.2) is 0 Å². The van der Waals surface area contributed by atoms with Crippen LogP contribution in [0.1, 0.15) is 43.6 Å². The van der Waals surface area contributed by atoms with Gasteiger partial charge in [0.05, 0.1) is 27.4 Å². The number of pyridine rings is 1. The third-order valence-corrected chi connectivity index (χ3v) is 6.12. The van der Waals surface area contributed by atoms with Crippen LogP contribution in [0.25, 0.3) is 0 Å². The summed E-state index contributed by atoms with van der Waals surface area (Å²) in [5.74, 6) is 0. The first-order chi connectivity index (χ1) is 17.6. The molecule has 7 heteroatoms. The van der Waals surface area contributed by atoms with Crippen molar-refractivity contribution in [3.8, 4) is 0 Å². The van der Waals surface area contributed by atoms with Crippen molar-refractivity contribution in [2.24, 2.45) is 0 Å². The standard InChI is InChI=1S/C20H18Cl2N2.C10H13F3/c21-17-10-9-16(12-18(17)22)14-24-20(19-8-4-5-11-23-19)13-15-6-2-1-3-7-15;1-4-6-9(10(11,12)13)7-8(3)5-2/h1-12,20,24H,13-14H2;4-7H,1-3H3/b;6-4-,8-5-,9-7+. The minimum Gasteiger partial charge on any atom is -0.304 e. The number of nitrogens with one attached hydrogen (secondary N) is 1. The van der Waals surface area contributed by atoms with Crippen LogP contribution >= 0.6 is 23.2 Å². The highest BCUT2D eigenvalue weighted by molar-refractivity contribution is 6.42. The highest BCUT2D eigenvalue weighted by Gasteiger charge is 2.31. The molecule has 3 aromatic rings. The first-order valence-corrected chi connectivity index (χ1v) is 12.6. The quantitative estimate of drug-likeness (QED) is 0.284. The molecule has 1 aromatic heterocycles. The Hall–Kier alpha value is -2.86. The van der Waals surface area contributed by atoms with Crippen LogP contribution in [0.5, 0.6) is 0 Å². The summed E-state index contributed by atoms with van der Waals surface area (Å²) in [4.78, 5) is 4.51. The third-order valence-electron chi connectivity index (χ3n) is 5.38. The summed E-state index contributed by atoms with van der Waals surface area (Å²) in [6, 6.07) is 22.3. The van der Waals surface area contributed by atoms with Gasteiger partial charge in [-0.25, -0.2) is 0 Å². The lowest BCUT2D eigenvalue weighted by atomic mass is 10.0. The molecule has 1 N–H and O–H groups in total. The Balaban J connectivity index is 0.000000317. The summed E-state index contributed by atoms with van der Waals surface area (Å²) >= 11 is 12.1. The molecule has 1 atom stereocenters. The van der Waals surface area contributed by atoms with Gasteiger partial charge in [-0.3, -0.25) is 4.98 Å². The van der Waals surface area contributed by atoms with Gasteiger partial charge in [0.1, 0.15) is 0 Å². The summed E-state index contributed by atoms with van der Waals surface area (Å²) < 4.78 is 36.8. The van der Waals surface area contributed by atoms with Crippen LogP contribution < -0.4 is 5.32 Å². The Morgan fingerprint density at radius 2 is 1.65 bits per heavy atom. The highest BCUT2D eigenvalue weighted by atomic mass is 35.5. The van der Waals surface area contributed by atoms with E-state index in [2.05, 4.69) is 40.6 Å². The van der Waals surface area contributed by atoms with Crippen LogP contribution in [0, 0.1) is 0 Å². The number of halogens is 5. The SMILES string of the molecule is C\C=C/C(=C\C(C)=C/C)C(F)(F)F.Clc1ccc(CNC(Cc2ccccc2)c2ccccn2)cc1Cl. The Kier molecular flexibility index (Phi) is 12.6. The van der Waals surface area contributed by atoms with E-state index in [9.17, 15) is 13.2 Å². The van der Waals surface area contributed by atoms with Gasteiger partial charge >= 0.3 is 6.18 Å². The van der Waals surface area contributed by atoms with E-state index in [4.69, 9.17) is 23.2 Å². The number of hydrogen-bond donors (Lipinski definition) is 1. The first-order valence-electron chi connectivity index (χ1n) is 11.8. The molecule has 196 valence electrons. The maximum atomic E-state index is 12.3. The normalized spacial score (nSPS) is 13.3. The van der Waals surface area contributed by atoms with Crippen LogP contribution in [-0.4, -0.2) is 11.2 Å². The number of alkyl halides is 3. The van der Waals surface area contributed by atoms with Crippen molar-refractivity contribution >= 4 is 23.2 Å². The number of aromatic nitrogens is 1. The van der Waals surface area contributed by atoms with E-state index >= 15 is 0 Å². The minimum atomic E-state index is -4.27. The molecule has 0 aliphatic carbocycles. The van der Waals surface area contributed by atoms with E-state index in [0.29, 0.717) is 22.2 Å². The van der Waals surface area contributed by atoms with Gasteiger partial charge in [-0.15, -0.1) is 0 Å². The van der Waals surface area contributed by atoms with E-state index in [1.807, 2.05) is 42.6 Å². The van der Waals surface area contributed by atoms with Crippen molar-refractivity contribution < 1.29 is 13.2 Å². The van der Waals surface area contributed by atoms with Crippen LogP contribution in [-0.2, 0) is 13.0 Å². The van der Waals surface area contributed by atoms with Gasteiger partial charge in [-0.2, -0.15) is 13.2 Å². The number of rotatable bonds is 8. The number of nitrogens with zero attached hydrogens (tertiary/aromatic N) is 1. The minimum absolute atomic E-state index is 0.128. The summed E-state index contributed by atoms with van der Waals surface area (Å²) in [5.41, 5.74) is 3.38. The molecule has 0 fully saturated rings. The second kappa shape index (κ2) is 15.4. The van der Waals surface area contributed by atoms with Crippen molar-refractivity contribution in [1.29, 1.82) is 0 Å². The molecule has 3 rings (SSSR count). The fourth-order valence-corrected chi connectivity index (χ4v) is 3.66. The zero-order valence-corrected chi connectivity index (χ0v) is 22.6. The fraction of sp³-hybridized carbons (Fsp3) is 0.233. The monoisotopic (exact) mass is 546 g/mol. The molecular formula is C30H31Cl2F3N2. The van der Waals surface area contributed by atoms with E-state index in [1.165, 1.54) is 11.6 Å². The van der Waals surface area contributed by atoms with Gasteiger partial charge in [0.2, 0.25) is 0 Å². The van der Waals surface area contributed by atoms with Gasteiger partial charge in [-0.1, -0.05) is 89.5 Å². The van der Waals surface area contributed by atoms with Gasteiger partial charge in [0.25, 0.3) is 0 Å². The van der Waals surface area contributed by atoms with E-state index in [0.717, 1.165) is 29.8 Å². The van der Waals surface area contributed by atoms with E-state index < -0.39 is 11.7 Å². The highest BCUT2D eigenvalue weighted by Crippen LogP contribution is 2.27. The summed E-state index contributed by atoms with van der Waals surface area (Å²) in [7, 11) is 0. The molecule has 1 heterocycles. The van der Waals surface area contributed by atoms with Crippen LogP contribution in [0.3, 0.4) is 0 Å². The zero-order valence-electron chi connectivity index (χ0n) is 21.1. The van der Waals surface area contributed by atoms with Gasteiger partial charge in [-0.05, 0) is 68.7 Å². The number of benzene rings is 2. The van der Waals surface area contributed by atoms with Crippen LogP contribution in [0.4, 0.5) is 13.2 Å². The topological polar surface area (TPSA) is 24.9 Å². The largest absolute Gasteiger partial charge is 0.416 e. The van der Waals surface area contributed by atoms with Crippen LogP contribution in [0.2, 0.25) is 10.0 Å². The number of hydrogen-bond acceptors (Lipinski definition) is 2. The van der Waals surface area contributed by atoms with E-state index in [-0.39, 0.29) is 6.04 Å². The average Bonchev–Trinajstić information content (AvgIpc) is 2.89. The Labute approximate surface area is 227 Å². The van der Waals surface area contributed by atoms with Crippen molar-refractivity contribution in [3.63, 3.8) is 0 Å². The Morgan fingerprint density at radius 3 is 2.22 bits per heavy atom. The lowest BCUT2D eigenvalue weighted by Crippen LogP contribution is -2.23. The molecule has 0 aliphatic rings. The van der Waals surface area contributed by atoms with Crippen LogP contribution in [0.15, 0.2) is 108 Å². The Morgan fingerprint density at radius 1 is 0.946 bits per heavy atom. The average molecular weight is 547 g/mol. The molecule has 37 heavy (non-hydrogen) atoms. The van der Waals surface area contributed by atoms with Crippen molar-refractivity contribution in [3.05, 3.63) is 135 Å². The molecule has 0 spiro atoms. The summed E-state index contributed by atoms with van der Waals surface area (Å²) in [5, 5.41) is 4.74. The molecule has 0 radical (unpaired) electrons. The second-order valence-corrected chi connectivity index (χ2v) is 9.07. The number of allylic oxidation sites excluding steroid dienone is 6. The lowest BCUT2D eigenvalue weighted by Gasteiger charge is -2.19. The van der Waals surface area contributed by atoms with Gasteiger partial charge in [0, 0.05) is 12.7 Å². The fourth-order valence-electron chi connectivity index (χ4n) is 3.34. The predicted molar refractivity (Wildman–Crippen MR) is 149 cm³/mol. The summed E-state index contributed by atoms with van der Waals surface area (Å²) in [6.45, 7) is 5.60. The zero-order chi connectivity index (χ0) is 27.3. The maximum Gasteiger partial charge on any atom is 0.416 e. The van der Waals surface area contributed by atoms with Gasteiger partial charge < -0.3 is 5.32 Å².